The minimum Gasteiger partial charge on any atom is -0.481 e. The zero-order chi connectivity index (χ0) is 13.9. The van der Waals surface area contributed by atoms with Gasteiger partial charge in [-0.3, -0.25) is 4.79 Å². The lowest BCUT2D eigenvalue weighted by Crippen LogP contribution is -2.42. The molecule has 0 aliphatic carbocycles. The quantitative estimate of drug-likeness (QED) is 0.704. The molecule has 100 valence electrons. The zero-order valence-electron chi connectivity index (χ0n) is 11.8. The molecule has 0 saturated heterocycles. The van der Waals surface area contributed by atoms with Crippen molar-refractivity contribution in [2.45, 2.75) is 54.1 Å². The largest absolute Gasteiger partial charge is 0.481 e. The Morgan fingerprint density at radius 2 is 1.76 bits per heavy atom. The maximum Gasteiger partial charge on any atom is 0.306 e. The second-order valence-electron chi connectivity index (χ2n) is 6.16. The van der Waals surface area contributed by atoms with Crippen molar-refractivity contribution in [1.29, 1.82) is 0 Å². The number of carboxylic acid groups (broad SMARTS) is 1. The van der Waals surface area contributed by atoms with Gasteiger partial charge in [0.05, 0.1) is 12.0 Å². The molecule has 0 spiro atoms. The van der Waals surface area contributed by atoms with Crippen LogP contribution >= 0.6 is 0 Å². The van der Waals surface area contributed by atoms with Crippen LogP contribution in [-0.4, -0.2) is 22.3 Å². The molecule has 3 nitrogen and oxygen atoms in total. The van der Waals surface area contributed by atoms with Gasteiger partial charge >= 0.3 is 5.97 Å². The van der Waals surface area contributed by atoms with Crippen molar-refractivity contribution in [2.24, 2.45) is 16.7 Å². The van der Waals surface area contributed by atoms with Gasteiger partial charge in [0.25, 0.3) is 0 Å². The topological polar surface area (TPSA) is 57.5 Å². The molecule has 0 aromatic heterocycles. The Labute approximate surface area is 105 Å². The predicted octanol–water partition coefficient (Wildman–Crippen LogP) is 3.09. The van der Waals surface area contributed by atoms with Gasteiger partial charge in [-0.1, -0.05) is 46.8 Å². The second kappa shape index (κ2) is 5.67. The fraction of sp³-hybridized carbons (Fsp3) is 0.786. The number of carbonyl (C=O) groups is 1. The van der Waals surface area contributed by atoms with Gasteiger partial charge in [-0.2, -0.15) is 0 Å². The van der Waals surface area contributed by atoms with Gasteiger partial charge in [-0.25, -0.2) is 0 Å². The molecule has 2 unspecified atom stereocenters. The molecule has 2 atom stereocenters. The monoisotopic (exact) mass is 242 g/mol. The number of hydrogen-bond donors (Lipinski definition) is 2. The summed E-state index contributed by atoms with van der Waals surface area (Å²) >= 11 is 0. The van der Waals surface area contributed by atoms with Crippen LogP contribution in [0.1, 0.15) is 48.0 Å². The predicted molar refractivity (Wildman–Crippen MR) is 69.8 cm³/mol. The van der Waals surface area contributed by atoms with Gasteiger partial charge in [0.2, 0.25) is 0 Å². The molecule has 0 bridgehead atoms. The van der Waals surface area contributed by atoms with Crippen molar-refractivity contribution in [3.8, 4) is 0 Å². The Bertz CT molecular complexity index is 290. The van der Waals surface area contributed by atoms with E-state index in [0.29, 0.717) is 6.42 Å². The Morgan fingerprint density at radius 3 is 2.12 bits per heavy atom. The first-order valence-electron chi connectivity index (χ1n) is 6.09. The highest BCUT2D eigenvalue weighted by molar-refractivity contribution is 5.69. The molecular weight excluding hydrogens is 216 g/mol. The maximum atomic E-state index is 10.9. The Morgan fingerprint density at radius 1 is 1.29 bits per heavy atom. The summed E-state index contributed by atoms with van der Waals surface area (Å²) in [5.74, 6) is -1.25. The number of aliphatic hydroxyl groups is 1. The number of hydrogen-bond acceptors (Lipinski definition) is 2. The van der Waals surface area contributed by atoms with Crippen LogP contribution in [0.5, 0.6) is 0 Å². The first kappa shape index (κ1) is 16.2. The Kier molecular flexibility index (Phi) is 5.40. The number of aliphatic carboxylic acids is 1. The van der Waals surface area contributed by atoms with E-state index in [0.717, 1.165) is 0 Å². The Hall–Kier alpha value is -0.830. The molecule has 0 radical (unpaired) electrons. The molecule has 17 heavy (non-hydrogen) atoms. The highest BCUT2D eigenvalue weighted by Crippen LogP contribution is 2.39. The molecule has 2 N–H and O–H groups in total. The van der Waals surface area contributed by atoms with Crippen LogP contribution in [0.4, 0.5) is 0 Å². The first-order valence-corrected chi connectivity index (χ1v) is 6.09. The standard InChI is InChI=1S/C14H26O3/c1-7-8-13(3,4)12(17)14(5,6)9-10(2)11(15)16/h7-8,10,12,17H,9H2,1-6H3,(H,15,16). The third kappa shape index (κ3) is 4.50. The smallest absolute Gasteiger partial charge is 0.306 e. The first-order chi connectivity index (χ1) is 7.54. The molecule has 0 aromatic carbocycles. The van der Waals surface area contributed by atoms with Crippen molar-refractivity contribution in [3.63, 3.8) is 0 Å². The van der Waals surface area contributed by atoms with E-state index in [4.69, 9.17) is 5.11 Å². The van der Waals surface area contributed by atoms with Gasteiger partial charge in [-0.15, -0.1) is 0 Å². The average molecular weight is 242 g/mol. The number of allylic oxidation sites excluding steroid dienone is 1. The average Bonchev–Trinajstić information content (AvgIpc) is 2.15. The third-order valence-corrected chi connectivity index (χ3v) is 3.30. The summed E-state index contributed by atoms with van der Waals surface area (Å²) in [6, 6.07) is 0. The van der Waals surface area contributed by atoms with Gasteiger partial charge in [-0.05, 0) is 18.8 Å². The van der Waals surface area contributed by atoms with Gasteiger partial charge in [0.1, 0.15) is 0 Å². The van der Waals surface area contributed by atoms with E-state index >= 15 is 0 Å². The molecular formula is C14H26O3. The summed E-state index contributed by atoms with van der Waals surface area (Å²) in [5.41, 5.74) is -0.780. The minimum atomic E-state index is -0.811. The lowest BCUT2D eigenvalue weighted by atomic mass is 9.68. The molecule has 0 saturated carbocycles. The fourth-order valence-electron chi connectivity index (χ4n) is 2.52. The van der Waals surface area contributed by atoms with E-state index in [-0.39, 0.29) is 5.41 Å². The summed E-state index contributed by atoms with van der Waals surface area (Å²) in [7, 11) is 0. The minimum absolute atomic E-state index is 0.351. The molecule has 0 aliphatic rings. The fourth-order valence-corrected chi connectivity index (χ4v) is 2.52. The Balaban J connectivity index is 4.87. The summed E-state index contributed by atoms with van der Waals surface area (Å²) in [6.07, 6.45) is 3.77. The van der Waals surface area contributed by atoms with Crippen molar-refractivity contribution in [3.05, 3.63) is 12.2 Å². The van der Waals surface area contributed by atoms with E-state index in [1.54, 1.807) is 6.92 Å². The molecule has 0 heterocycles. The molecule has 3 heteroatoms. The van der Waals surface area contributed by atoms with E-state index in [2.05, 4.69) is 0 Å². The van der Waals surface area contributed by atoms with Gasteiger partial charge in [0, 0.05) is 5.41 Å². The van der Waals surface area contributed by atoms with Gasteiger partial charge in [0.15, 0.2) is 0 Å². The van der Waals surface area contributed by atoms with Crippen molar-refractivity contribution < 1.29 is 15.0 Å². The number of carboxylic acids is 1. The van der Waals surface area contributed by atoms with Crippen LogP contribution in [0.15, 0.2) is 12.2 Å². The van der Waals surface area contributed by atoms with Crippen LogP contribution in [0.25, 0.3) is 0 Å². The third-order valence-electron chi connectivity index (χ3n) is 3.30. The van der Waals surface area contributed by atoms with Crippen LogP contribution in [0, 0.1) is 16.7 Å². The van der Waals surface area contributed by atoms with Crippen LogP contribution in [0.2, 0.25) is 0 Å². The van der Waals surface area contributed by atoms with E-state index in [1.807, 2.05) is 46.8 Å². The van der Waals surface area contributed by atoms with E-state index in [9.17, 15) is 9.90 Å². The van der Waals surface area contributed by atoms with Crippen molar-refractivity contribution in [2.75, 3.05) is 0 Å². The highest BCUT2D eigenvalue weighted by Gasteiger charge is 2.39. The van der Waals surface area contributed by atoms with Crippen molar-refractivity contribution >= 4 is 5.97 Å². The summed E-state index contributed by atoms with van der Waals surface area (Å²) in [5, 5.41) is 19.4. The summed E-state index contributed by atoms with van der Waals surface area (Å²) in [6.45, 7) is 11.4. The number of rotatable bonds is 6. The molecule has 0 aromatic rings. The van der Waals surface area contributed by atoms with Crippen LogP contribution < -0.4 is 0 Å². The van der Waals surface area contributed by atoms with Crippen LogP contribution in [-0.2, 0) is 4.79 Å². The molecule has 0 fully saturated rings. The van der Waals surface area contributed by atoms with Crippen molar-refractivity contribution in [1.82, 2.24) is 0 Å². The van der Waals surface area contributed by atoms with Crippen LogP contribution in [0.3, 0.4) is 0 Å². The highest BCUT2D eigenvalue weighted by atomic mass is 16.4. The normalized spacial score (nSPS) is 17.1. The molecule has 0 amide bonds. The molecule has 0 rings (SSSR count). The maximum absolute atomic E-state index is 10.9. The van der Waals surface area contributed by atoms with E-state index < -0.39 is 23.4 Å². The van der Waals surface area contributed by atoms with E-state index in [1.165, 1.54) is 0 Å². The molecule has 0 aliphatic heterocycles. The lowest BCUT2D eigenvalue weighted by Gasteiger charge is -2.40. The lowest BCUT2D eigenvalue weighted by molar-refractivity contribution is -0.143. The summed E-state index contributed by atoms with van der Waals surface area (Å²) < 4.78 is 0. The zero-order valence-corrected chi connectivity index (χ0v) is 11.8. The second-order valence-corrected chi connectivity index (χ2v) is 6.16. The number of aliphatic hydroxyl groups excluding tert-OH is 1. The SMILES string of the molecule is CC=CC(C)(C)C(O)C(C)(C)CC(C)C(=O)O. The summed E-state index contributed by atoms with van der Waals surface area (Å²) in [4.78, 5) is 10.9. The van der Waals surface area contributed by atoms with Gasteiger partial charge < -0.3 is 10.2 Å².